The summed E-state index contributed by atoms with van der Waals surface area (Å²) >= 11 is 1.55. The molecule has 168 valence electrons. The van der Waals surface area contributed by atoms with Gasteiger partial charge in [-0.1, -0.05) is 41.0 Å². The fourth-order valence-corrected chi connectivity index (χ4v) is 5.75. The first-order chi connectivity index (χ1) is 15.4. The highest BCUT2D eigenvalue weighted by Gasteiger charge is 2.33. The lowest BCUT2D eigenvalue weighted by atomic mass is 9.99. The number of carbonyl (C=O) groups is 1. The lowest BCUT2D eigenvalue weighted by molar-refractivity contribution is -0.121. The maximum atomic E-state index is 13.0. The molecule has 10 heteroatoms. The van der Waals surface area contributed by atoms with E-state index in [0.717, 1.165) is 10.5 Å². The van der Waals surface area contributed by atoms with Crippen LogP contribution in [0.15, 0.2) is 68.8 Å². The average Bonchev–Trinajstić information content (AvgIpc) is 3.26. The Morgan fingerprint density at radius 3 is 2.66 bits per heavy atom. The molecule has 0 radical (unpaired) electrons. The van der Waals surface area contributed by atoms with Crippen molar-refractivity contribution in [1.82, 2.24) is 14.5 Å². The van der Waals surface area contributed by atoms with Crippen LogP contribution in [-0.4, -0.2) is 41.9 Å². The van der Waals surface area contributed by atoms with Crippen LogP contribution < -0.4 is 5.32 Å². The first-order valence-corrected chi connectivity index (χ1v) is 12.7. The molecule has 1 aromatic heterocycles. The molecule has 1 aliphatic heterocycles. The molecule has 1 atom stereocenters. The van der Waals surface area contributed by atoms with E-state index in [1.54, 1.807) is 36.0 Å². The van der Waals surface area contributed by atoms with Crippen LogP contribution in [0.3, 0.4) is 0 Å². The number of hydrogen-bond acceptors (Lipinski definition) is 7. The SMILES string of the molecule is Cc1ccc(S(=O)(=O)N2CCCC(C(=O)Nc3nnc(CSc4ccccc4)o3)C2)cc1. The van der Waals surface area contributed by atoms with E-state index in [4.69, 9.17) is 4.42 Å². The van der Waals surface area contributed by atoms with Crippen LogP contribution in [0.4, 0.5) is 6.01 Å². The molecule has 1 fully saturated rings. The highest BCUT2D eigenvalue weighted by molar-refractivity contribution is 7.98. The zero-order valence-corrected chi connectivity index (χ0v) is 19.2. The molecule has 1 unspecified atom stereocenters. The number of nitrogens with one attached hydrogen (secondary N) is 1. The number of benzene rings is 2. The maximum Gasteiger partial charge on any atom is 0.322 e. The molecule has 32 heavy (non-hydrogen) atoms. The van der Waals surface area contributed by atoms with Gasteiger partial charge in [0.25, 0.3) is 0 Å². The Hall–Kier alpha value is -2.69. The summed E-state index contributed by atoms with van der Waals surface area (Å²) in [6.07, 6.45) is 1.20. The third kappa shape index (κ3) is 5.37. The van der Waals surface area contributed by atoms with Crippen LogP contribution in [0.2, 0.25) is 0 Å². The molecule has 0 spiro atoms. The molecule has 0 saturated carbocycles. The van der Waals surface area contributed by atoms with E-state index in [9.17, 15) is 13.2 Å². The van der Waals surface area contributed by atoms with Crippen LogP contribution in [0, 0.1) is 12.8 Å². The highest BCUT2D eigenvalue weighted by atomic mass is 32.2. The highest BCUT2D eigenvalue weighted by Crippen LogP contribution is 2.26. The quantitative estimate of drug-likeness (QED) is 0.523. The van der Waals surface area contributed by atoms with Gasteiger partial charge in [-0.15, -0.1) is 16.9 Å². The zero-order valence-electron chi connectivity index (χ0n) is 17.6. The Balaban J connectivity index is 1.35. The normalized spacial score (nSPS) is 17.2. The minimum absolute atomic E-state index is 0.0252. The zero-order chi connectivity index (χ0) is 22.6. The first-order valence-electron chi connectivity index (χ1n) is 10.3. The molecule has 0 aliphatic carbocycles. The Morgan fingerprint density at radius 1 is 1.16 bits per heavy atom. The van der Waals surface area contributed by atoms with Crippen molar-refractivity contribution in [1.29, 1.82) is 0 Å². The molecule has 2 heterocycles. The summed E-state index contributed by atoms with van der Waals surface area (Å²) in [5.74, 6) is 0.0814. The van der Waals surface area contributed by atoms with Gasteiger partial charge in [-0.25, -0.2) is 8.42 Å². The van der Waals surface area contributed by atoms with Crippen molar-refractivity contribution in [2.24, 2.45) is 5.92 Å². The molecule has 0 bridgehead atoms. The van der Waals surface area contributed by atoms with Crippen LogP contribution in [-0.2, 0) is 20.6 Å². The molecule has 4 rings (SSSR count). The van der Waals surface area contributed by atoms with E-state index < -0.39 is 15.9 Å². The largest absolute Gasteiger partial charge is 0.407 e. The summed E-state index contributed by atoms with van der Waals surface area (Å²) in [4.78, 5) is 14.1. The van der Waals surface area contributed by atoms with Gasteiger partial charge in [0.2, 0.25) is 21.8 Å². The Morgan fingerprint density at radius 2 is 1.91 bits per heavy atom. The lowest BCUT2D eigenvalue weighted by Crippen LogP contribution is -2.43. The van der Waals surface area contributed by atoms with Crippen LogP contribution in [0.25, 0.3) is 0 Å². The van der Waals surface area contributed by atoms with Crippen molar-refractivity contribution in [3.8, 4) is 0 Å². The van der Waals surface area contributed by atoms with E-state index >= 15 is 0 Å². The molecule has 3 aromatic rings. The van der Waals surface area contributed by atoms with Gasteiger partial charge in [0.15, 0.2) is 0 Å². The van der Waals surface area contributed by atoms with Gasteiger partial charge < -0.3 is 4.42 Å². The minimum atomic E-state index is -3.65. The second kappa shape index (κ2) is 9.85. The van der Waals surface area contributed by atoms with E-state index in [1.807, 2.05) is 37.3 Å². The van der Waals surface area contributed by atoms with E-state index in [2.05, 4.69) is 15.5 Å². The number of amides is 1. The predicted octanol–water partition coefficient (Wildman–Crippen LogP) is 3.71. The van der Waals surface area contributed by atoms with Crippen molar-refractivity contribution < 1.29 is 17.6 Å². The molecule has 1 saturated heterocycles. The van der Waals surface area contributed by atoms with Gasteiger partial charge in [-0.2, -0.15) is 4.31 Å². The number of rotatable bonds is 7. The topological polar surface area (TPSA) is 105 Å². The van der Waals surface area contributed by atoms with Crippen molar-refractivity contribution >= 4 is 33.7 Å². The molecule has 1 amide bonds. The van der Waals surface area contributed by atoms with E-state index in [1.165, 1.54) is 4.31 Å². The number of anilines is 1. The number of hydrogen-bond donors (Lipinski definition) is 1. The van der Waals surface area contributed by atoms with E-state index in [0.29, 0.717) is 31.0 Å². The van der Waals surface area contributed by atoms with Gasteiger partial charge in [0, 0.05) is 18.0 Å². The van der Waals surface area contributed by atoms with Crippen molar-refractivity contribution in [3.05, 3.63) is 66.1 Å². The third-order valence-corrected chi connectivity index (χ3v) is 8.09. The van der Waals surface area contributed by atoms with Crippen molar-refractivity contribution in [2.45, 2.75) is 35.3 Å². The van der Waals surface area contributed by atoms with Gasteiger partial charge in [0.1, 0.15) is 0 Å². The summed E-state index contributed by atoms with van der Waals surface area (Å²) in [7, 11) is -3.65. The number of carbonyl (C=O) groups excluding carboxylic acids is 1. The van der Waals surface area contributed by atoms with E-state index in [-0.39, 0.29) is 23.4 Å². The number of sulfonamides is 1. The molecular formula is C22H24N4O4S2. The number of aromatic nitrogens is 2. The summed E-state index contributed by atoms with van der Waals surface area (Å²) in [6.45, 7) is 2.41. The number of thioether (sulfide) groups is 1. The molecule has 1 aliphatic rings. The summed E-state index contributed by atoms with van der Waals surface area (Å²) in [5.41, 5.74) is 0.987. The number of nitrogens with zero attached hydrogens (tertiary/aromatic N) is 3. The fourth-order valence-electron chi connectivity index (χ4n) is 3.47. The van der Waals surface area contributed by atoms with Gasteiger partial charge in [0.05, 0.1) is 16.6 Å². The van der Waals surface area contributed by atoms with Gasteiger partial charge in [-0.05, 0) is 44.0 Å². The monoisotopic (exact) mass is 472 g/mol. The summed E-state index contributed by atoms with van der Waals surface area (Å²) in [6, 6.07) is 16.6. The van der Waals surface area contributed by atoms with Crippen LogP contribution in [0.5, 0.6) is 0 Å². The van der Waals surface area contributed by atoms with Crippen molar-refractivity contribution in [3.63, 3.8) is 0 Å². The smallest absolute Gasteiger partial charge is 0.322 e. The molecule has 2 aromatic carbocycles. The number of piperidine rings is 1. The van der Waals surface area contributed by atoms with Crippen LogP contribution in [0.1, 0.15) is 24.3 Å². The Bertz CT molecular complexity index is 1160. The van der Waals surface area contributed by atoms with Crippen LogP contribution >= 0.6 is 11.8 Å². The summed E-state index contributed by atoms with van der Waals surface area (Å²) < 4.78 is 32.8. The molecule has 8 nitrogen and oxygen atoms in total. The number of aryl methyl sites for hydroxylation is 1. The maximum absolute atomic E-state index is 13.0. The fraction of sp³-hybridized carbons (Fsp3) is 0.318. The standard InChI is InChI=1S/C22H24N4O4S2/c1-16-9-11-19(12-10-16)32(28,29)26-13-5-6-17(14-26)21(27)23-22-25-24-20(30-22)15-31-18-7-3-2-4-8-18/h2-4,7-12,17H,5-6,13-15H2,1H3,(H,23,25,27). The Labute approximate surface area is 191 Å². The molecular weight excluding hydrogens is 448 g/mol. The lowest BCUT2D eigenvalue weighted by Gasteiger charge is -2.30. The Kier molecular flexibility index (Phi) is 6.92. The average molecular weight is 473 g/mol. The first kappa shape index (κ1) is 22.5. The van der Waals surface area contributed by atoms with Gasteiger partial charge >= 0.3 is 6.01 Å². The minimum Gasteiger partial charge on any atom is -0.407 e. The third-order valence-electron chi connectivity index (χ3n) is 5.22. The van der Waals surface area contributed by atoms with Gasteiger partial charge in [-0.3, -0.25) is 10.1 Å². The predicted molar refractivity (Wildman–Crippen MR) is 122 cm³/mol. The summed E-state index contributed by atoms with van der Waals surface area (Å²) in [5, 5.41) is 10.5. The van der Waals surface area contributed by atoms with Crippen molar-refractivity contribution in [2.75, 3.05) is 18.4 Å². The second-order valence-corrected chi connectivity index (χ2v) is 10.6. The molecule has 1 N–H and O–H groups in total. The second-order valence-electron chi connectivity index (χ2n) is 7.61.